The third-order valence-corrected chi connectivity index (χ3v) is 4.93. The van der Waals surface area contributed by atoms with Crippen LogP contribution in [0.2, 0.25) is 0 Å². The molecule has 7 nitrogen and oxygen atoms in total. The summed E-state index contributed by atoms with van der Waals surface area (Å²) in [6.45, 7) is 2.72. The number of aromatic amines is 1. The second kappa shape index (κ2) is 7.13. The first-order valence-electron chi connectivity index (χ1n) is 9.01. The maximum atomic E-state index is 13.4. The number of fused-ring (bicyclic) bond motifs is 1. The number of rotatable bonds is 5. The van der Waals surface area contributed by atoms with Gasteiger partial charge in [0.2, 0.25) is 0 Å². The molecular formula is C19H22FN5O2. The summed E-state index contributed by atoms with van der Waals surface area (Å²) in [4.78, 5) is 17.7. The number of hydrogen-bond acceptors (Lipinski definition) is 4. The molecule has 0 unspecified atom stereocenters. The van der Waals surface area contributed by atoms with Crippen molar-refractivity contribution in [2.75, 3.05) is 26.2 Å². The lowest BCUT2D eigenvalue weighted by Gasteiger charge is -2.14. The standard InChI is InChI=1S/C19H22FN5O2/c1-24-18(16-9-12-8-13(20)2-3-15(12)22-16)10-17(23-24)19(27)21-5-7-25-6-4-14(26)11-25/h2-3,8-10,14,22,26H,4-7,11H2,1H3,(H,21,27)/t14-/m0/s1. The molecule has 142 valence electrons. The van der Waals surface area contributed by atoms with Crippen LogP contribution in [-0.2, 0) is 7.05 Å². The predicted octanol–water partition coefficient (Wildman–Crippen LogP) is 1.50. The molecule has 0 spiro atoms. The number of carbonyl (C=O) groups excluding carboxylic acids is 1. The highest BCUT2D eigenvalue weighted by atomic mass is 19.1. The fourth-order valence-corrected chi connectivity index (χ4v) is 3.51. The zero-order valence-electron chi connectivity index (χ0n) is 15.1. The van der Waals surface area contributed by atoms with E-state index in [0.29, 0.717) is 25.3 Å². The third-order valence-electron chi connectivity index (χ3n) is 4.93. The Labute approximate surface area is 155 Å². The smallest absolute Gasteiger partial charge is 0.271 e. The van der Waals surface area contributed by atoms with Crippen molar-refractivity contribution in [3.8, 4) is 11.4 Å². The van der Waals surface area contributed by atoms with Crippen LogP contribution < -0.4 is 5.32 Å². The highest BCUT2D eigenvalue weighted by molar-refractivity contribution is 5.94. The molecule has 0 aliphatic carbocycles. The molecular weight excluding hydrogens is 349 g/mol. The summed E-state index contributed by atoms with van der Waals surface area (Å²) < 4.78 is 15.0. The van der Waals surface area contributed by atoms with Gasteiger partial charge in [-0.25, -0.2) is 4.39 Å². The highest BCUT2D eigenvalue weighted by Gasteiger charge is 2.20. The number of aromatic nitrogens is 3. The van der Waals surface area contributed by atoms with Gasteiger partial charge in [0, 0.05) is 44.1 Å². The number of amides is 1. The van der Waals surface area contributed by atoms with E-state index >= 15 is 0 Å². The Hall–Kier alpha value is -2.71. The number of aliphatic hydroxyl groups excluding tert-OH is 1. The van der Waals surface area contributed by atoms with Crippen molar-refractivity contribution < 1.29 is 14.3 Å². The van der Waals surface area contributed by atoms with Gasteiger partial charge >= 0.3 is 0 Å². The number of halogens is 1. The van der Waals surface area contributed by atoms with Crippen LogP contribution in [-0.4, -0.2) is 63.0 Å². The molecule has 1 amide bonds. The summed E-state index contributed by atoms with van der Waals surface area (Å²) >= 11 is 0. The van der Waals surface area contributed by atoms with E-state index in [2.05, 4.69) is 20.3 Å². The predicted molar refractivity (Wildman–Crippen MR) is 99.9 cm³/mol. The van der Waals surface area contributed by atoms with Crippen LogP contribution >= 0.6 is 0 Å². The zero-order chi connectivity index (χ0) is 19.0. The summed E-state index contributed by atoms with van der Waals surface area (Å²) in [6.07, 6.45) is 0.523. The van der Waals surface area contributed by atoms with Crippen molar-refractivity contribution in [3.05, 3.63) is 41.8 Å². The van der Waals surface area contributed by atoms with E-state index in [9.17, 15) is 14.3 Å². The van der Waals surface area contributed by atoms with Crippen molar-refractivity contribution in [2.24, 2.45) is 7.05 Å². The molecule has 0 bridgehead atoms. The summed E-state index contributed by atoms with van der Waals surface area (Å²) in [6, 6.07) is 8.12. The molecule has 8 heteroatoms. The zero-order valence-corrected chi connectivity index (χ0v) is 15.1. The van der Waals surface area contributed by atoms with E-state index in [-0.39, 0.29) is 17.8 Å². The lowest BCUT2D eigenvalue weighted by Crippen LogP contribution is -2.34. The van der Waals surface area contributed by atoms with Crippen LogP contribution in [0, 0.1) is 5.82 Å². The number of benzene rings is 1. The second-order valence-electron chi connectivity index (χ2n) is 6.95. The van der Waals surface area contributed by atoms with Gasteiger partial charge in [-0.15, -0.1) is 0 Å². The number of aliphatic hydroxyl groups is 1. The van der Waals surface area contributed by atoms with E-state index in [1.165, 1.54) is 12.1 Å². The van der Waals surface area contributed by atoms with Gasteiger partial charge in [-0.2, -0.15) is 5.10 Å². The number of hydrogen-bond donors (Lipinski definition) is 3. The number of H-pyrrole nitrogens is 1. The molecule has 4 rings (SSSR count). The maximum absolute atomic E-state index is 13.4. The van der Waals surface area contributed by atoms with Gasteiger partial charge < -0.3 is 15.4 Å². The Morgan fingerprint density at radius 1 is 1.41 bits per heavy atom. The van der Waals surface area contributed by atoms with Crippen LogP contribution in [0.15, 0.2) is 30.3 Å². The number of aryl methyl sites for hydroxylation is 1. The van der Waals surface area contributed by atoms with Gasteiger partial charge in [0.15, 0.2) is 5.69 Å². The van der Waals surface area contributed by atoms with Crippen molar-refractivity contribution in [2.45, 2.75) is 12.5 Å². The van der Waals surface area contributed by atoms with Gasteiger partial charge in [0.25, 0.3) is 5.91 Å². The van der Waals surface area contributed by atoms with Crippen molar-refractivity contribution in [1.82, 2.24) is 25.0 Å². The lowest BCUT2D eigenvalue weighted by molar-refractivity contribution is 0.0943. The summed E-state index contributed by atoms with van der Waals surface area (Å²) in [5.74, 6) is -0.526. The Kier molecular flexibility index (Phi) is 4.67. The molecule has 3 N–H and O–H groups in total. The molecule has 0 radical (unpaired) electrons. The van der Waals surface area contributed by atoms with Crippen LogP contribution in [0.1, 0.15) is 16.9 Å². The molecule has 2 aromatic heterocycles. The fraction of sp³-hybridized carbons (Fsp3) is 0.368. The molecule has 1 aliphatic rings. The Balaban J connectivity index is 1.44. The van der Waals surface area contributed by atoms with E-state index in [0.717, 1.165) is 35.3 Å². The molecule has 1 aromatic carbocycles. The van der Waals surface area contributed by atoms with Crippen molar-refractivity contribution in [1.29, 1.82) is 0 Å². The SMILES string of the molecule is Cn1nc(C(=O)NCCN2CC[C@H](O)C2)cc1-c1cc2cc(F)ccc2[nH]1. The molecule has 3 aromatic rings. The average molecular weight is 371 g/mol. The van der Waals surface area contributed by atoms with Gasteiger partial charge in [-0.05, 0) is 36.8 Å². The molecule has 27 heavy (non-hydrogen) atoms. The summed E-state index contributed by atoms with van der Waals surface area (Å²) in [7, 11) is 1.77. The molecule has 0 saturated carbocycles. The Bertz CT molecular complexity index is 980. The first-order valence-corrected chi connectivity index (χ1v) is 9.01. The van der Waals surface area contributed by atoms with Crippen LogP contribution in [0.3, 0.4) is 0 Å². The lowest BCUT2D eigenvalue weighted by atomic mass is 10.2. The van der Waals surface area contributed by atoms with E-state index in [4.69, 9.17) is 0 Å². The Morgan fingerprint density at radius 3 is 3.04 bits per heavy atom. The van der Waals surface area contributed by atoms with Crippen LogP contribution in [0.25, 0.3) is 22.3 Å². The van der Waals surface area contributed by atoms with Crippen LogP contribution in [0.5, 0.6) is 0 Å². The minimum atomic E-state index is -0.288. The largest absolute Gasteiger partial charge is 0.392 e. The summed E-state index contributed by atoms with van der Waals surface area (Å²) in [5.41, 5.74) is 2.68. The van der Waals surface area contributed by atoms with Crippen molar-refractivity contribution >= 4 is 16.8 Å². The van der Waals surface area contributed by atoms with E-state index in [1.807, 2.05) is 6.07 Å². The van der Waals surface area contributed by atoms with Gasteiger partial charge in [0.05, 0.1) is 17.5 Å². The summed E-state index contributed by atoms with van der Waals surface area (Å²) in [5, 5.41) is 17.5. The monoisotopic (exact) mass is 371 g/mol. The topological polar surface area (TPSA) is 86.2 Å². The van der Waals surface area contributed by atoms with E-state index < -0.39 is 0 Å². The molecule has 1 fully saturated rings. The van der Waals surface area contributed by atoms with Crippen LogP contribution in [0.4, 0.5) is 4.39 Å². The van der Waals surface area contributed by atoms with Gasteiger partial charge in [-0.3, -0.25) is 14.4 Å². The molecule has 1 atom stereocenters. The average Bonchev–Trinajstić information content (AvgIpc) is 3.32. The highest BCUT2D eigenvalue weighted by Crippen LogP contribution is 2.25. The number of β-amino-alcohol motifs (C(OH)–C–C–N with tert-alkyl or cyclic N) is 1. The van der Waals surface area contributed by atoms with Gasteiger partial charge in [-0.1, -0.05) is 0 Å². The van der Waals surface area contributed by atoms with Gasteiger partial charge in [0.1, 0.15) is 5.82 Å². The minimum absolute atomic E-state index is 0.237. The van der Waals surface area contributed by atoms with E-state index in [1.54, 1.807) is 23.9 Å². The number of carbonyl (C=O) groups is 1. The number of nitrogens with zero attached hydrogens (tertiary/aromatic N) is 3. The normalized spacial score (nSPS) is 17.7. The second-order valence-corrected chi connectivity index (χ2v) is 6.95. The quantitative estimate of drug-likeness (QED) is 0.635. The third kappa shape index (κ3) is 3.72. The first kappa shape index (κ1) is 17.7. The number of nitrogens with one attached hydrogen (secondary N) is 2. The maximum Gasteiger partial charge on any atom is 0.271 e. The molecule has 1 aliphatic heterocycles. The van der Waals surface area contributed by atoms with Crippen molar-refractivity contribution in [3.63, 3.8) is 0 Å². The minimum Gasteiger partial charge on any atom is -0.392 e. The first-order chi connectivity index (χ1) is 13.0. The molecule has 3 heterocycles. The molecule has 1 saturated heterocycles. The number of likely N-dealkylation sites (tertiary alicyclic amines) is 1. The fourth-order valence-electron chi connectivity index (χ4n) is 3.51. The Morgan fingerprint density at radius 2 is 2.26 bits per heavy atom.